The van der Waals surface area contributed by atoms with E-state index >= 15 is 0 Å². The number of aliphatic carboxylic acids is 1. The molecule has 3 nitrogen and oxygen atoms in total. The molecule has 0 radical (unpaired) electrons. The zero-order valence-corrected chi connectivity index (χ0v) is 13.0. The Morgan fingerprint density at radius 2 is 2.21 bits per heavy atom. The van der Waals surface area contributed by atoms with E-state index in [2.05, 4.69) is 30.5 Å². The predicted molar refractivity (Wildman–Crippen MR) is 80.7 cm³/mol. The van der Waals surface area contributed by atoms with Crippen molar-refractivity contribution in [1.29, 1.82) is 0 Å². The molecular weight excluding hydrogens is 258 g/mol. The summed E-state index contributed by atoms with van der Waals surface area (Å²) in [6, 6.07) is 0.721. The molecule has 2 aliphatic rings. The van der Waals surface area contributed by atoms with Crippen molar-refractivity contribution in [3.05, 3.63) is 0 Å². The molecule has 0 bridgehead atoms. The Labute approximate surface area is 121 Å². The van der Waals surface area contributed by atoms with Gasteiger partial charge in [0.1, 0.15) is 0 Å². The van der Waals surface area contributed by atoms with Crippen molar-refractivity contribution in [2.24, 2.45) is 11.8 Å². The highest BCUT2D eigenvalue weighted by atomic mass is 32.2. The zero-order valence-electron chi connectivity index (χ0n) is 12.2. The number of carboxylic acids is 1. The van der Waals surface area contributed by atoms with Crippen LogP contribution in [0.5, 0.6) is 0 Å². The van der Waals surface area contributed by atoms with Crippen LogP contribution in [0.25, 0.3) is 0 Å². The molecule has 19 heavy (non-hydrogen) atoms. The Balaban J connectivity index is 1.90. The summed E-state index contributed by atoms with van der Waals surface area (Å²) in [5, 5.41) is 9.69. The fourth-order valence-electron chi connectivity index (χ4n) is 3.64. The molecule has 2 fully saturated rings. The summed E-state index contributed by atoms with van der Waals surface area (Å²) >= 11 is 2.10. The second-order valence-corrected chi connectivity index (χ2v) is 7.74. The number of nitrogens with zero attached hydrogens (tertiary/aromatic N) is 1. The highest BCUT2D eigenvalue weighted by Crippen LogP contribution is 2.33. The second kappa shape index (κ2) is 6.98. The van der Waals surface area contributed by atoms with Gasteiger partial charge >= 0.3 is 5.97 Å². The van der Waals surface area contributed by atoms with Gasteiger partial charge in [-0.1, -0.05) is 13.8 Å². The zero-order chi connectivity index (χ0) is 13.8. The smallest absolute Gasteiger partial charge is 0.303 e. The molecule has 0 aromatic heterocycles. The van der Waals surface area contributed by atoms with Crippen molar-refractivity contribution in [3.8, 4) is 0 Å². The second-order valence-electron chi connectivity index (χ2n) is 6.26. The number of carboxylic acid groups (broad SMARTS) is 1. The Bertz CT molecular complexity index is 311. The van der Waals surface area contributed by atoms with Crippen LogP contribution >= 0.6 is 11.8 Å². The topological polar surface area (TPSA) is 40.5 Å². The molecule has 110 valence electrons. The average molecular weight is 285 g/mol. The van der Waals surface area contributed by atoms with Gasteiger partial charge in [-0.15, -0.1) is 0 Å². The molecular formula is C15H27NO2S. The van der Waals surface area contributed by atoms with E-state index < -0.39 is 5.97 Å². The Morgan fingerprint density at radius 1 is 1.42 bits per heavy atom. The van der Waals surface area contributed by atoms with Gasteiger partial charge in [0.05, 0.1) is 0 Å². The van der Waals surface area contributed by atoms with Crippen LogP contribution in [0.2, 0.25) is 0 Å². The first kappa shape index (κ1) is 15.2. The van der Waals surface area contributed by atoms with E-state index in [1.165, 1.54) is 38.0 Å². The van der Waals surface area contributed by atoms with Gasteiger partial charge in [-0.2, -0.15) is 11.8 Å². The van der Waals surface area contributed by atoms with Gasteiger partial charge < -0.3 is 5.11 Å². The number of thioether (sulfide) groups is 1. The molecule has 0 aromatic rings. The normalized spacial score (nSPS) is 34.9. The average Bonchev–Trinajstić information content (AvgIpc) is 2.38. The molecule has 0 aromatic carbocycles. The van der Waals surface area contributed by atoms with Crippen LogP contribution in [0.4, 0.5) is 0 Å². The Morgan fingerprint density at radius 3 is 2.89 bits per heavy atom. The van der Waals surface area contributed by atoms with E-state index in [9.17, 15) is 4.79 Å². The lowest BCUT2D eigenvalue weighted by atomic mass is 9.84. The highest BCUT2D eigenvalue weighted by molar-refractivity contribution is 7.99. The van der Waals surface area contributed by atoms with E-state index in [1.807, 2.05) is 0 Å². The molecule has 0 spiro atoms. The molecule has 2 heterocycles. The fourth-order valence-corrected chi connectivity index (χ4v) is 4.87. The lowest BCUT2D eigenvalue weighted by Gasteiger charge is -2.43. The lowest BCUT2D eigenvalue weighted by molar-refractivity contribution is -0.138. The van der Waals surface area contributed by atoms with Crippen LogP contribution in [0.15, 0.2) is 0 Å². The summed E-state index contributed by atoms with van der Waals surface area (Å²) in [5.74, 6) is 1.55. The number of hydrogen-bond acceptors (Lipinski definition) is 3. The summed E-state index contributed by atoms with van der Waals surface area (Å²) in [6.07, 6.45) is 5.44. The minimum Gasteiger partial charge on any atom is -0.481 e. The monoisotopic (exact) mass is 285 g/mol. The Kier molecular flexibility index (Phi) is 5.58. The van der Waals surface area contributed by atoms with Crippen LogP contribution in [0.1, 0.15) is 46.0 Å². The summed E-state index contributed by atoms with van der Waals surface area (Å²) in [7, 11) is 0. The summed E-state index contributed by atoms with van der Waals surface area (Å²) < 4.78 is 0. The van der Waals surface area contributed by atoms with Gasteiger partial charge in [-0.25, -0.2) is 0 Å². The molecule has 0 aliphatic carbocycles. The van der Waals surface area contributed by atoms with E-state index in [-0.39, 0.29) is 0 Å². The van der Waals surface area contributed by atoms with Gasteiger partial charge in [0.15, 0.2) is 0 Å². The Hall–Kier alpha value is -0.220. The third-order valence-corrected chi connectivity index (χ3v) is 6.19. The van der Waals surface area contributed by atoms with Crippen molar-refractivity contribution >= 4 is 17.7 Å². The predicted octanol–water partition coefficient (Wildman–Crippen LogP) is 3.09. The third-order valence-electron chi connectivity index (χ3n) is 4.83. The molecule has 4 unspecified atom stereocenters. The SMILES string of the molecule is CC(CC(=O)O)C1CCCN(C2CCCSC2C)C1. The lowest BCUT2D eigenvalue weighted by Crippen LogP contribution is -2.49. The molecule has 0 amide bonds. The number of rotatable bonds is 4. The fraction of sp³-hybridized carbons (Fsp3) is 0.933. The first-order valence-electron chi connectivity index (χ1n) is 7.65. The summed E-state index contributed by atoms with van der Waals surface area (Å²) in [6.45, 7) is 6.80. The number of hydrogen-bond donors (Lipinski definition) is 1. The maximum atomic E-state index is 10.9. The van der Waals surface area contributed by atoms with E-state index in [0.29, 0.717) is 18.3 Å². The van der Waals surface area contributed by atoms with E-state index in [0.717, 1.165) is 17.8 Å². The van der Waals surface area contributed by atoms with Crippen molar-refractivity contribution in [3.63, 3.8) is 0 Å². The van der Waals surface area contributed by atoms with Crippen LogP contribution in [-0.2, 0) is 4.79 Å². The number of carbonyl (C=O) groups is 1. The molecule has 2 saturated heterocycles. The van der Waals surface area contributed by atoms with E-state index in [1.54, 1.807) is 0 Å². The number of piperidine rings is 1. The highest BCUT2D eigenvalue weighted by Gasteiger charge is 2.33. The molecule has 4 atom stereocenters. The van der Waals surface area contributed by atoms with Crippen LogP contribution in [0, 0.1) is 11.8 Å². The maximum absolute atomic E-state index is 10.9. The van der Waals surface area contributed by atoms with Gasteiger partial charge in [0, 0.05) is 24.3 Å². The van der Waals surface area contributed by atoms with Crippen LogP contribution in [-0.4, -0.2) is 46.1 Å². The van der Waals surface area contributed by atoms with Crippen LogP contribution < -0.4 is 0 Å². The standard InChI is InChI=1S/C15H27NO2S/c1-11(9-15(17)18)13-5-3-7-16(10-13)14-6-4-8-19-12(14)2/h11-14H,3-10H2,1-2H3,(H,17,18). The van der Waals surface area contributed by atoms with Crippen molar-refractivity contribution in [1.82, 2.24) is 4.90 Å². The molecule has 1 N–H and O–H groups in total. The van der Waals surface area contributed by atoms with Crippen molar-refractivity contribution in [2.45, 2.75) is 57.2 Å². The van der Waals surface area contributed by atoms with Gasteiger partial charge in [-0.3, -0.25) is 9.69 Å². The van der Waals surface area contributed by atoms with Gasteiger partial charge in [0.2, 0.25) is 0 Å². The largest absolute Gasteiger partial charge is 0.481 e. The first-order valence-corrected chi connectivity index (χ1v) is 8.70. The molecule has 0 saturated carbocycles. The summed E-state index contributed by atoms with van der Waals surface area (Å²) in [4.78, 5) is 13.5. The van der Waals surface area contributed by atoms with Gasteiger partial charge in [-0.05, 0) is 49.8 Å². The molecule has 4 heteroatoms. The molecule has 2 rings (SSSR count). The summed E-state index contributed by atoms with van der Waals surface area (Å²) in [5.41, 5.74) is 0. The molecule has 2 aliphatic heterocycles. The third kappa shape index (κ3) is 4.12. The minimum absolute atomic E-state index is 0.312. The maximum Gasteiger partial charge on any atom is 0.303 e. The number of likely N-dealkylation sites (tertiary alicyclic amines) is 1. The first-order chi connectivity index (χ1) is 9.08. The quantitative estimate of drug-likeness (QED) is 0.861. The van der Waals surface area contributed by atoms with Crippen molar-refractivity contribution < 1.29 is 9.90 Å². The minimum atomic E-state index is -0.647. The van der Waals surface area contributed by atoms with Crippen molar-refractivity contribution in [2.75, 3.05) is 18.8 Å². The van der Waals surface area contributed by atoms with Crippen LogP contribution in [0.3, 0.4) is 0 Å². The van der Waals surface area contributed by atoms with Gasteiger partial charge in [0.25, 0.3) is 0 Å². The van der Waals surface area contributed by atoms with E-state index in [4.69, 9.17) is 5.11 Å².